The van der Waals surface area contributed by atoms with Crippen LogP contribution in [-0.2, 0) is 17.9 Å². The lowest BCUT2D eigenvalue weighted by Crippen LogP contribution is -2.21. The molecule has 27 heavy (non-hydrogen) atoms. The molecule has 0 spiro atoms. The van der Waals surface area contributed by atoms with Gasteiger partial charge in [0, 0.05) is 18.0 Å². The Bertz CT molecular complexity index is 1080. The summed E-state index contributed by atoms with van der Waals surface area (Å²) in [5.74, 6) is 0.568. The van der Waals surface area contributed by atoms with Crippen LogP contribution in [0.5, 0.6) is 0 Å². The number of rotatable bonds is 3. The quantitative estimate of drug-likeness (QED) is 0.555. The lowest BCUT2D eigenvalue weighted by Gasteiger charge is -2.24. The van der Waals surface area contributed by atoms with E-state index >= 15 is 0 Å². The highest BCUT2D eigenvalue weighted by Gasteiger charge is 2.24. The van der Waals surface area contributed by atoms with Crippen molar-refractivity contribution in [3.63, 3.8) is 0 Å². The van der Waals surface area contributed by atoms with E-state index in [-0.39, 0.29) is 11.9 Å². The Kier molecular flexibility index (Phi) is 3.75. The minimum absolute atomic E-state index is 0.180. The number of hydrogen-bond acceptors (Lipinski definition) is 6. The smallest absolute Gasteiger partial charge is 0.278 e. The first-order valence-corrected chi connectivity index (χ1v) is 8.44. The van der Waals surface area contributed by atoms with Gasteiger partial charge in [0.05, 0.1) is 18.8 Å². The molecule has 0 bridgehead atoms. The second-order valence-electron chi connectivity index (χ2n) is 6.21. The van der Waals surface area contributed by atoms with E-state index in [9.17, 15) is 4.39 Å². The normalized spacial score (nSPS) is 16.3. The van der Waals surface area contributed by atoms with Gasteiger partial charge in [-0.1, -0.05) is 17.3 Å². The van der Waals surface area contributed by atoms with Crippen LogP contribution in [0, 0.1) is 5.82 Å². The van der Waals surface area contributed by atoms with Gasteiger partial charge in [-0.25, -0.2) is 4.39 Å². The van der Waals surface area contributed by atoms with E-state index in [2.05, 4.69) is 20.2 Å². The van der Waals surface area contributed by atoms with Crippen molar-refractivity contribution in [3.8, 4) is 23.0 Å². The number of ether oxygens (including phenoxy) is 1. The van der Waals surface area contributed by atoms with Gasteiger partial charge in [-0.15, -0.1) is 0 Å². The Morgan fingerprint density at radius 1 is 1.07 bits per heavy atom. The highest BCUT2D eigenvalue weighted by Crippen LogP contribution is 2.29. The third-order valence-electron chi connectivity index (χ3n) is 4.46. The first kappa shape index (κ1) is 15.8. The molecular weight excluding hydrogens is 349 g/mol. The SMILES string of the molecule is Fc1ccc(C2Cn3nc(-c4nc(-c5ccncc5)no4)cc3CO2)cc1. The number of hydrogen-bond donors (Lipinski definition) is 0. The van der Waals surface area contributed by atoms with Crippen LogP contribution in [0.4, 0.5) is 4.39 Å². The molecule has 1 aliphatic heterocycles. The maximum absolute atomic E-state index is 13.1. The maximum atomic E-state index is 13.1. The van der Waals surface area contributed by atoms with Crippen molar-refractivity contribution in [2.75, 3.05) is 0 Å². The Hall–Kier alpha value is -3.39. The molecule has 0 fully saturated rings. The number of benzene rings is 1. The van der Waals surface area contributed by atoms with Gasteiger partial charge in [0.25, 0.3) is 5.89 Å². The second-order valence-corrected chi connectivity index (χ2v) is 6.21. The van der Waals surface area contributed by atoms with Crippen LogP contribution in [0.3, 0.4) is 0 Å². The van der Waals surface area contributed by atoms with Gasteiger partial charge < -0.3 is 9.26 Å². The molecule has 0 saturated heterocycles. The molecule has 0 N–H and O–H groups in total. The molecule has 8 heteroatoms. The molecule has 0 radical (unpaired) electrons. The zero-order chi connectivity index (χ0) is 18.2. The van der Waals surface area contributed by atoms with Crippen LogP contribution < -0.4 is 0 Å². The molecule has 1 atom stereocenters. The zero-order valence-corrected chi connectivity index (χ0v) is 14.1. The van der Waals surface area contributed by atoms with E-state index in [1.165, 1.54) is 12.1 Å². The number of nitrogens with zero attached hydrogens (tertiary/aromatic N) is 5. The molecule has 1 aromatic carbocycles. The lowest BCUT2D eigenvalue weighted by molar-refractivity contribution is -0.00116. The molecule has 0 saturated carbocycles. The fourth-order valence-corrected chi connectivity index (χ4v) is 3.05. The number of aromatic nitrogens is 5. The lowest BCUT2D eigenvalue weighted by atomic mass is 10.1. The highest BCUT2D eigenvalue weighted by atomic mass is 19.1. The summed E-state index contributed by atoms with van der Waals surface area (Å²) in [5.41, 5.74) is 3.26. The standard InChI is InChI=1S/C19H14FN5O2/c20-14-3-1-12(2-4-14)17-10-25-15(11-26-17)9-16(23-25)19-22-18(24-27-19)13-5-7-21-8-6-13/h1-9,17H,10-11H2. The van der Waals surface area contributed by atoms with Crippen LogP contribution in [0.1, 0.15) is 17.4 Å². The first-order valence-electron chi connectivity index (χ1n) is 8.44. The molecule has 7 nitrogen and oxygen atoms in total. The molecule has 0 aliphatic carbocycles. The predicted molar refractivity (Wildman–Crippen MR) is 92.7 cm³/mol. The first-order chi connectivity index (χ1) is 13.3. The van der Waals surface area contributed by atoms with Gasteiger partial charge in [0.15, 0.2) is 5.69 Å². The van der Waals surface area contributed by atoms with Gasteiger partial charge in [-0.2, -0.15) is 10.1 Å². The Labute approximate surface area is 153 Å². The second kappa shape index (κ2) is 6.40. The molecule has 4 aromatic rings. The Morgan fingerprint density at radius 2 is 1.89 bits per heavy atom. The molecular formula is C19H14FN5O2. The molecule has 1 unspecified atom stereocenters. The third-order valence-corrected chi connectivity index (χ3v) is 4.46. The van der Waals surface area contributed by atoms with Crippen molar-refractivity contribution in [3.05, 3.63) is 71.9 Å². The van der Waals surface area contributed by atoms with Crippen molar-refractivity contribution in [2.45, 2.75) is 19.3 Å². The van der Waals surface area contributed by atoms with E-state index in [0.29, 0.717) is 30.6 Å². The molecule has 0 amide bonds. The summed E-state index contributed by atoms with van der Waals surface area (Å²) in [6.45, 7) is 0.937. The third kappa shape index (κ3) is 3.00. The summed E-state index contributed by atoms with van der Waals surface area (Å²) in [4.78, 5) is 8.40. The number of pyridine rings is 1. The van der Waals surface area contributed by atoms with Gasteiger partial charge in [-0.3, -0.25) is 9.67 Å². The molecule has 3 aromatic heterocycles. The number of fused-ring (bicyclic) bond motifs is 1. The van der Waals surface area contributed by atoms with Crippen molar-refractivity contribution in [2.24, 2.45) is 0 Å². The highest BCUT2D eigenvalue weighted by molar-refractivity contribution is 5.57. The fraction of sp³-hybridized carbons (Fsp3) is 0.158. The summed E-state index contributed by atoms with van der Waals surface area (Å²) in [6, 6.07) is 11.8. The van der Waals surface area contributed by atoms with Gasteiger partial charge in [0.1, 0.15) is 11.9 Å². The van der Waals surface area contributed by atoms with E-state index in [4.69, 9.17) is 9.26 Å². The average Bonchev–Trinajstić information content (AvgIpc) is 3.36. The summed E-state index contributed by atoms with van der Waals surface area (Å²) < 4.78 is 26.3. The van der Waals surface area contributed by atoms with Gasteiger partial charge in [0.2, 0.25) is 5.82 Å². The minimum atomic E-state index is -0.266. The summed E-state index contributed by atoms with van der Waals surface area (Å²) in [6.07, 6.45) is 3.17. The van der Waals surface area contributed by atoms with Crippen LogP contribution >= 0.6 is 0 Å². The maximum Gasteiger partial charge on any atom is 0.278 e. The summed E-state index contributed by atoms with van der Waals surface area (Å²) >= 11 is 0. The van der Waals surface area contributed by atoms with Gasteiger partial charge in [-0.05, 0) is 35.9 Å². The Morgan fingerprint density at radius 3 is 2.70 bits per heavy atom. The van der Waals surface area contributed by atoms with E-state index in [1.807, 2.05) is 22.9 Å². The van der Waals surface area contributed by atoms with Crippen molar-refractivity contribution < 1.29 is 13.7 Å². The predicted octanol–water partition coefficient (Wildman–Crippen LogP) is 3.41. The average molecular weight is 363 g/mol. The molecule has 4 heterocycles. The van der Waals surface area contributed by atoms with Crippen LogP contribution in [0.25, 0.3) is 23.0 Å². The zero-order valence-electron chi connectivity index (χ0n) is 14.1. The van der Waals surface area contributed by atoms with E-state index in [0.717, 1.165) is 16.8 Å². The van der Waals surface area contributed by atoms with Crippen molar-refractivity contribution in [1.29, 1.82) is 0 Å². The topological polar surface area (TPSA) is 78.9 Å². The fourth-order valence-electron chi connectivity index (χ4n) is 3.05. The van der Waals surface area contributed by atoms with Crippen molar-refractivity contribution in [1.82, 2.24) is 24.9 Å². The monoisotopic (exact) mass is 363 g/mol. The van der Waals surface area contributed by atoms with Gasteiger partial charge >= 0.3 is 0 Å². The van der Waals surface area contributed by atoms with Crippen LogP contribution in [0.2, 0.25) is 0 Å². The molecule has 1 aliphatic rings. The number of halogens is 1. The van der Waals surface area contributed by atoms with Crippen LogP contribution in [0.15, 0.2) is 59.4 Å². The van der Waals surface area contributed by atoms with E-state index < -0.39 is 0 Å². The largest absolute Gasteiger partial charge is 0.365 e. The Balaban J connectivity index is 1.40. The summed E-state index contributed by atoms with van der Waals surface area (Å²) in [7, 11) is 0. The van der Waals surface area contributed by atoms with Crippen LogP contribution in [-0.4, -0.2) is 24.9 Å². The summed E-state index contributed by atoms with van der Waals surface area (Å²) in [5, 5.41) is 8.59. The minimum Gasteiger partial charge on any atom is -0.365 e. The molecule has 134 valence electrons. The molecule has 5 rings (SSSR count). The van der Waals surface area contributed by atoms with E-state index in [1.54, 1.807) is 24.5 Å². The van der Waals surface area contributed by atoms with Crippen molar-refractivity contribution >= 4 is 0 Å².